The molecular weight excluding hydrogens is 476 g/mol. The summed E-state index contributed by atoms with van der Waals surface area (Å²) in [5.41, 5.74) is 0. The van der Waals surface area contributed by atoms with Crippen molar-refractivity contribution in [2.24, 2.45) is 0 Å². The minimum atomic E-state index is -0.529. The van der Waals surface area contributed by atoms with Gasteiger partial charge in [0.25, 0.3) is 0 Å². The van der Waals surface area contributed by atoms with Crippen molar-refractivity contribution in [3.05, 3.63) is 12.0 Å². The number of carbonyl (C=O) groups is 1. The Morgan fingerprint density at radius 3 is 1.21 bits per heavy atom. The van der Waals surface area contributed by atoms with E-state index in [0.29, 0.717) is 0 Å². The summed E-state index contributed by atoms with van der Waals surface area (Å²) in [5, 5.41) is 0. The van der Waals surface area contributed by atoms with Crippen LogP contribution in [0.25, 0.3) is 0 Å². The van der Waals surface area contributed by atoms with E-state index in [2.05, 4.69) is 0 Å². The molecule has 220 valence electrons. The lowest BCUT2D eigenvalue weighted by Crippen LogP contribution is -2.23. The predicted molar refractivity (Wildman–Crippen MR) is 153 cm³/mol. The van der Waals surface area contributed by atoms with E-state index in [1.165, 1.54) is 109 Å². The van der Waals surface area contributed by atoms with Gasteiger partial charge in [-0.05, 0) is 64.2 Å². The van der Waals surface area contributed by atoms with E-state index >= 15 is 0 Å². The van der Waals surface area contributed by atoms with Crippen molar-refractivity contribution in [3.63, 3.8) is 0 Å². The van der Waals surface area contributed by atoms with Crippen molar-refractivity contribution in [1.29, 1.82) is 0 Å². The zero-order chi connectivity index (χ0) is 26.5. The molecule has 3 aliphatic carbocycles. The van der Waals surface area contributed by atoms with Crippen LogP contribution in [0.15, 0.2) is 12.0 Å². The van der Waals surface area contributed by atoms with E-state index in [1.807, 2.05) is 0 Å². The second kappa shape index (κ2) is 20.6. The lowest BCUT2D eigenvalue weighted by Gasteiger charge is -2.23. The summed E-state index contributed by atoms with van der Waals surface area (Å²) in [6.45, 7) is 0. The van der Waals surface area contributed by atoms with Crippen LogP contribution in [-0.4, -0.2) is 24.3 Å². The first kappa shape index (κ1) is 31.3. The molecule has 0 radical (unpaired) electrons. The number of hydrogen-bond acceptors (Lipinski definition) is 5. The highest BCUT2D eigenvalue weighted by atomic mass is 17.2. The van der Waals surface area contributed by atoms with Crippen LogP contribution in [-0.2, 0) is 24.0 Å². The first-order valence-electron chi connectivity index (χ1n) is 16.7. The van der Waals surface area contributed by atoms with E-state index in [9.17, 15) is 4.79 Å². The average molecular weight is 535 g/mol. The second-order valence-corrected chi connectivity index (χ2v) is 12.2. The van der Waals surface area contributed by atoms with Crippen LogP contribution in [0.4, 0.5) is 0 Å². The number of rotatable bonds is 7. The van der Waals surface area contributed by atoms with Crippen LogP contribution in [0.5, 0.6) is 0 Å². The Morgan fingerprint density at radius 1 is 0.447 bits per heavy atom. The summed E-state index contributed by atoms with van der Waals surface area (Å²) in [7, 11) is 0. The smallest absolute Gasteiger partial charge is 0.410 e. The number of hydrogen-bond donors (Lipinski definition) is 0. The van der Waals surface area contributed by atoms with Gasteiger partial charge in [0.15, 0.2) is 0 Å². The molecule has 3 fully saturated rings. The highest BCUT2D eigenvalue weighted by Crippen LogP contribution is 2.25. The van der Waals surface area contributed by atoms with Crippen molar-refractivity contribution in [1.82, 2.24) is 0 Å². The van der Waals surface area contributed by atoms with Gasteiger partial charge in [-0.2, -0.15) is 4.89 Å². The van der Waals surface area contributed by atoms with Crippen LogP contribution in [0.3, 0.4) is 0 Å². The molecule has 5 nitrogen and oxygen atoms in total. The summed E-state index contributed by atoms with van der Waals surface area (Å²) in [6.07, 6.45) is 34.0. The summed E-state index contributed by atoms with van der Waals surface area (Å²) < 4.78 is 12.6. The molecule has 3 saturated carbocycles. The highest BCUT2D eigenvalue weighted by molar-refractivity contribution is 5.85. The van der Waals surface area contributed by atoms with Crippen LogP contribution >= 0.6 is 0 Å². The third-order valence-corrected chi connectivity index (χ3v) is 8.78. The van der Waals surface area contributed by atoms with E-state index < -0.39 is 5.97 Å². The average Bonchev–Trinajstić information content (AvgIpc) is 2.95. The van der Waals surface area contributed by atoms with Gasteiger partial charge in [0, 0.05) is 0 Å². The lowest BCUT2D eigenvalue weighted by atomic mass is 9.99. The van der Waals surface area contributed by atoms with E-state index in [-0.39, 0.29) is 24.1 Å². The number of carbonyl (C=O) groups excluding carboxylic acids is 1. The van der Waals surface area contributed by atoms with Crippen LogP contribution < -0.4 is 0 Å². The lowest BCUT2D eigenvalue weighted by molar-refractivity contribution is -0.299. The molecule has 0 aromatic rings. The monoisotopic (exact) mass is 534 g/mol. The molecule has 3 aliphatic rings. The van der Waals surface area contributed by atoms with E-state index in [0.717, 1.165) is 64.2 Å². The molecular formula is C33H58O5. The normalized spacial score (nSPS) is 24.2. The molecule has 0 spiro atoms. The van der Waals surface area contributed by atoms with Gasteiger partial charge >= 0.3 is 5.97 Å². The molecule has 0 saturated heterocycles. The van der Waals surface area contributed by atoms with Gasteiger partial charge in [-0.3, -0.25) is 4.89 Å². The van der Waals surface area contributed by atoms with E-state index in [4.69, 9.17) is 19.2 Å². The van der Waals surface area contributed by atoms with Gasteiger partial charge in [0.05, 0.1) is 12.2 Å². The Morgan fingerprint density at radius 2 is 0.789 bits per heavy atom. The van der Waals surface area contributed by atoms with Crippen LogP contribution in [0.2, 0.25) is 0 Å². The molecule has 0 N–H and O–H groups in total. The van der Waals surface area contributed by atoms with Gasteiger partial charge in [0.2, 0.25) is 5.76 Å². The van der Waals surface area contributed by atoms with Gasteiger partial charge in [-0.1, -0.05) is 109 Å². The molecule has 0 aliphatic heterocycles. The maximum absolute atomic E-state index is 13.3. The summed E-state index contributed by atoms with van der Waals surface area (Å²) in [4.78, 5) is 24.5. The fourth-order valence-electron chi connectivity index (χ4n) is 6.28. The fourth-order valence-corrected chi connectivity index (χ4v) is 6.28. The van der Waals surface area contributed by atoms with Gasteiger partial charge in [-0.25, -0.2) is 4.79 Å². The molecule has 3 rings (SSSR count). The molecule has 0 aromatic carbocycles. The van der Waals surface area contributed by atoms with Crippen molar-refractivity contribution in [2.75, 3.05) is 0 Å². The largest absolute Gasteiger partial charge is 0.494 e. The summed E-state index contributed by atoms with van der Waals surface area (Å²) in [5.74, 6) is -0.330. The molecule has 38 heavy (non-hydrogen) atoms. The molecule has 0 bridgehead atoms. The van der Waals surface area contributed by atoms with Crippen LogP contribution in [0.1, 0.15) is 173 Å². The minimum Gasteiger partial charge on any atom is -0.494 e. The van der Waals surface area contributed by atoms with Gasteiger partial charge in [-0.15, -0.1) is 0 Å². The topological polar surface area (TPSA) is 54.0 Å². The Kier molecular flexibility index (Phi) is 17.0. The highest BCUT2D eigenvalue weighted by Gasteiger charge is 2.24. The van der Waals surface area contributed by atoms with Crippen molar-refractivity contribution < 1.29 is 24.0 Å². The Labute approximate surface area is 233 Å². The third-order valence-electron chi connectivity index (χ3n) is 8.78. The van der Waals surface area contributed by atoms with Crippen LogP contribution in [0, 0.1) is 0 Å². The quantitative estimate of drug-likeness (QED) is 0.141. The van der Waals surface area contributed by atoms with Crippen molar-refractivity contribution in [3.8, 4) is 0 Å². The minimum absolute atomic E-state index is 0.0221. The van der Waals surface area contributed by atoms with Crippen molar-refractivity contribution in [2.45, 2.75) is 192 Å². The molecule has 0 heterocycles. The Balaban J connectivity index is 1.60. The van der Waals surface area contributed by atoms with E-state index in [1.54, 1.807) is 6.26 Å². The first-order chi connectivity index (χ1) is 18.8. The van der Waals surface area contributed by atoms with Gasteiger partial charge < -0.3 is 9.47 Å². The maximum Gasteiger partial charge on any atom is 0.410 e. The molecule has 0 amide bonds. The van der Waals surface area contributed by atoms with Gasteiger partial charge in [0.1, 0.15) is 12.4 Å². The zero-order valence-electron chi connectivity index (χ0n) is 24.4. The zero-order valence-corrected chi connectivity index (χ0v) is 24.4. The molecule has 0 atom stereocenters. The maximum atomic E-state index is 13.3. The standard InChI is InChI=1S/C33H58O5/c34-33(38-37-31-26-20-14-8-3-9-15-21-27-31)32(36-30-24-18-12-6-2-7-13-19-25-30)28-35-29-22-16-10-4-1-5-11-17-23-29/h28-31H,1-27H2. The first-order valence-corrected chi connectivity index (χ1v) is 16.7. The summed E-state index contributed by atoms with van der Waals surface area (Å²) >= 11 is 0. The second-order valence-electron chi connectivity index (χ2n) is 12.2. The Bertz CT molecular complexity index is 603. The predicted octanol–water partition coefficient (Wildman–Crippen LogP) is 10.0. The van der Waals surface area contributed by atoms with Crippen molar-refractivity contribution >= 4 is 5.97 Å². The number of ether oxygens (including phenoxy) is 2. The molecule has 0 aromatic heterocycles. The summed E-state index contributed by atoms with van der Waals surface area (Å²) in [6, 6.07) is 0. The SMILES string of the molecule is O=C(OOC1CCCCCCCCC1)C(=COC1CCCCCCCCC1)OC1CCCCCCCCC1. The molecule has 5 heteroatoms. The molecule has 0 unspecified atom stereocenters. The Hall–Kier alpha value is -1.23. The third kappa shape index (κ3) is 14.2. The fraction of sp³-hybridized carbons (Fsp3) is 0.909.